The number of benzene rings is 1. The van der Waals surface area contributed by atoms with E-state index in [1.54, 1.807) is 7.11 Å². The molecular weight excluding hydrogens is 282 g/mol. The lowest BCUT2D eigenvalue weighted by atomic mass is 9.85. The largest absolute Gasteiger partial charge is 0.484 e. The lowest BCUT2D eigenvalue weighted by Gasteiger charge is -2.41. The highest BCUT2D eigenvalue weighted by Crippen LogP contribution is 2.41. The third kappa shape index (κ3) is 2.34. The fourth-order valence-corrected chi connectivity index (χ4v) is 2.62. The zero-order valence-corrected chi connectivity index (χ0v) is 12.0. The maximum Gasteiger partial charge on any atom is 0.134 e. The van der Waals surface area contributed by atoms with E-state index in [1.807, 2.05) is 32.0 Å². The van der Waals surface area contributed by atoms with Crippen LogP contribution in [0.4, 0.5) is 0 Å². The lowest BCUT2D eigenvalue weighted by molar-refractivity contribution is -0.0707. The van der Waals surface area contributed by atoms with Gasteiger partial charge in [-0.2, -0.15) is 0 Å². The van der Waals surface area contributed by atoms with Crippen LogP contribution in [0.25, 0.3) is 0 Å². The molecule has 94 valence electrons. The Hall–Kier alpha value is -0.580. The minimum absolute atomic E-state index is 0.00495. The molecule has 2 N–H and O–H groups in total. The Labute approximate surface area is 110 Å². The van der Waals surface area contributed by atoms with Crippen molar-refractivity contribution in [3.05, 3.63) is 28.2 Å². The molecule has 2 rings (SSSR count). The average molecular weight is 300 g/mol. The standard InChI is InChI=1S/C13H18BrNO2/c1-8(16-3)13(2)7-11(15)10-6-9(14)4-5-12(10)17-13/h4-6,8,11H,7,15H2,1-3H3. The first kappa shape index (κ1) is 12.9. The number of methoxy groups -OCH3 is 1. The highest BCUT2D eigenvalue weighted by atomic mass is 79.9. The Morgan fingerprint density at radius 2 is 2.29 bits per heavy atom. The molecule has 0 aliphatic carbocycles. The Bertz CT molecular complexity index is 424. The molecule has 1 aliphatic heterocycles. The number of nitrogens with two attached hydrogens (primary N) is 1. The molecule has 17 heavy (non-hydrogen) atoms. The predicted octanol–water partition coefficient (Wildman–Crippen LogP) is 3.03. The summed E-state index contributed by atoms with van der Waals surface area (Å²) >= 11 is 3.45. The molecule has 3 nitrogen and oxygen atoms in total. The molecule has 1 heterocycles. The van der Waals surface area contributed by atoms with E-state index in [0.717, 1.165) is 22.2 Å². The predicted molar refractivity (Wildman–Crippen MR) is 71.2 cm³/mol. The van der Waals surface area contributed by atoms with Crippen molar-refractivity contribution in [2.45, 2.75) is 38.0 Å². The van der Waals surface area contributed by atoms with Crippen LogP contribution in [-0.2, 0) is 4.74 Å². The Balaban J connectivity index is 2.36. The molecule has 3 atom stereocenters. The van der Waals surface area contributed by atoms with E-state index in [4.69, 9.17) is 15.2 Å². The van der Waals surface area contributed by atoms with E-state index in [-0.39, 0.29) is 17.7 Å². The number of rotatable bonds is 2. The number of halogens is 1. The molecule has 0 spiro atoms. The number of fused-ring (bicyclic) bond motifs is 1. The summed E-state index contributed by atoms with van der Waals surface area (Å²) < 4.78 is 12.5. The van der Waals surface area contributed by atoms with Gasteiger partial charge in [-0.3, -0.25) is 0 Å². The molecule has 0 saturated heterocycles. The van der Waals surface area contributed by atoms with E-state index in [0.29, 0.717) is 0 Å². The zero-order valence-electron chi connectivity index (χ0n) is 10.4. The minimum Gasteiger partial charge on any atom is -0.484 e. The third-order valence-electron chi connectivity index (χ3n) is 3.55. The van der Waals surface area contributed by atoms with Gasteiger partial charge in [0.2, 0.25) is 0 Å². The SMILES string of the molecule is COC(C)C1(C)CC(N)c2cc(Br)ccc2O1. The quantitative estimate of drug-likeness (QED) is 0.913. The number of hydrogen-bond donors (Lipinski definition) is 1. The summed E-state index contributed by atoms with van der Waals surface area (Å²) in [5, 5.41) is 0. The van der Waals surface area contributed by atoms with E-state index < -0.39 is 0 Å². The molecule has 3 unspecified atom stereocenters. The first-order chi connectivity index (χ1) is 7.96. The van der Waals surface area contributed by atoms with Gasteiger partial charge in [0.15, 0.2) is 0 Å². The van der Waals surface area contributed by atoms with Gasteiger partial charge in [-0.1, -0.05) is 15.9 Å². The van der Waals surface area contributed by atoms with Gasteiger partial charge in [-0.15, -0.1) is 0 Å². The van der Waals surface area contributed by atoms with Crippen molar-refractivity contribution < 1.29 is 9.47 Å². The molecule has 1 aliphatic rings. The van der Waals surface area contributed by atoms with Crippen LogP contribution in [0.3, 0.4) is 0 Å². The third-order valence-corrected chi connectivity index (χ3v) is 4.05. The van der Waals surface area contributed by atoms with Gasteiger partial charge < -0.3 is 15.2 Å². The van der Waals surface area contributed by atoms with Gasteiger partial charge in [0.25, 0.3) is 0 Å². The van der Waals surface area contributed by atoms with Crippen LogP contribution in [0.1, 0.15) is 31.9 Å². The van der Waals surface area contributed by atoms with Crippen LogP contribution in [0.5, 0.6) is 5.75 Å². The maximum absolute atomic E-state index is 6.23. The van der Waals surface area contributed by atoms with Crippen molar-refractivity contribution in [3.63, 3.8) is 0 Å². The van der Waals surface area contributed by atoms with Crippen LogP contribution < -0.4 is 10.5 Å². The zero-order chi connectivity index (χ0) is 12.6. The molecule has 0 saturated carbocycles. The molecule has 0 bridgehead atoms. The molecule has 1 aromatic rings. The van der Waals surface area contributed by atoms with E-state index >= 15 is 0 Å². The van der Waals surface area contributed by atoms with Gasteiger partial charge in [-0.25, -0.2) is 0 Å². The van der Waals surface area contributed by atoms with Crippen LogP contribution >= 0.6 is 15.9 Å². The number of ether oxygens (including phenoxy) is 2. The Kier molecular flexibility index (Phi) is 3.48. The molecule has 0 aromatic heterocycles. The topological polar surface area (TPSA) is 44.5 Å². The molecule has 0 amide bonds. The molecule has 1 aromatic carbocycles. The molecule has 4 heteroatoms. The fourth-order valence-electron chi connectivity index (χ4n) is 2.24. The first-order valence-electron chi connectivity index (χ1n) is 5.73. The van der Waals surface area contributed by atoms with Crippen LogP contribution in [-0.4, -0.2) is 18.8 Å². The fraction of sp³-hybridized carbons (Fsp3) is 0.538. The summed E-state index contributed by atoms with van der Waals surface area (Å²) in [6.07, 6.45) is 0.760. The summed E-state index contributed by atoms with van der Waals surface area (Å²) in [5.74, 6) is 0.860. The summed E-state index contributed by atoms with van der Waals surface area (Å²) in [5.41, 5.74) is 6.92. The number of hydrogen-bond acceptors (Lipinski definition) is 3. The van der Waals surface area contributed by atoms with Crippen molar-refractivity contribution in [2.24, 2.45) is 5.73 Å². The Morgan fingerprint density at radius 1 is 1.59 bits per heavy atom. The monoisotopic (exact) mass is 299 g/mol. The van der Waals surface area contributed by atoms with E-state index in [1.165, 1.54) is 0 Å². The lowest BCUT2D eigenvalue weighted by Crippen LogP contribution is -2.49. The van der Waals surface area contributed by atoms with Crippen molar-refractivity contribution in [2.75, 3.05) is 7.11 Å². The summed E-state index contributed by atoms with van der Waals surface area (Å²) in [4.78, 5) is 0. The van der Waals surface area contributed by atoms with Gasteiger partial charge >= 0.3 is 0 Å². The second kappa shape index (κ2) is 4.59. The highest BCUT2D eigenvalue weighted by molar-refractivity contribution is 9.10. The van der Waals surface area contributed by atoms with Gasteiger partial charge in [0.05, 0.1) is 6.10 Å². The molecular formula is C13H18BrNO2. The minimum atomic E-state index is -0.366. The van der Waals surface area contributed by atoms with Crippen molar-refractivity contribution in [1.82, 2.24) is 0 Å². The van der Waals surface area contributed by atoms with Crippen molar-refractivity contribution in [3.8, 4) is 5.75 Å². The van der Waals surface area contributed by atoms with Crippen LogP contribution in [0.2, 0.25) is 0 Å². The van der Waals surface area contributed by atoms with Gasteiger partial charge in [0, 0.05) is 29.6 Å². The first-order valence-corrected chi connectivity index (χ1v) is 6.52. The van der Waals surface area contributed by atoms with Gasteiger partial charge in [0.1, 0.15) is 11.4 Å². The van der Waals surface area contributed by atoms with Crippen molar-refractivity contribution >= 4 is 15.9 Å². The summed E-state index contributed by atoms with van der Waals surface area (Å²) in [6, 6.07) is 5.93. The summed E-state index contributed by atoms with van der Waals surface area (Å²) in [6.45, 7) is 4.06. The molecule has 0 fully saturated rings. The highest BCUT2D eigenvalue weighted by Gasteiger charge is 2.40. The second-order valence-corrected chi connectivity index (χ2v) is 5.70. The maximum atomic E-state index is 6.23. The average Bonchev–Trinajstić information content (AvgIpc) is 2.29. The van der Waals surface area contributed by atoms with Gasteiger partial charge in [-0.05, 0) is 32.0 Å². The Morgan fingerprint density at radius 3 is 2.94 bits per heavy atom. The van der Waals surface area contributed by atoms with Crippen LogP contribution in [0, 0.1) is 0 Å². The smallest absolute Gasteiger partial charge is 0.134 e. The normalized spacial score (nSPS) is 29.4. The summed E-state index contributed by atoms with van der Waals surface area (Å²) in [7, 11) is 1.70. The second-order valence-electron chi connectivity index (χ2n) is 4.79. The van der Waals surface area contributed by atoms with E-state index in [2.05, 4.69) is 15.9 Å². The van der Waals surface area contributed by atoms with Crippen LogP contribution in [0.15, 0.2) is 22.7 Å². The van der Waals surface area contributed by atoms with Crippen molar-refractivity contribution in [1.29, 1.82) is 0 Å². The molecule has 0 radical (unpaired) electrons. The van der Waals surface area contributed by atoms with E-state index in [9.17, 15) is 0 Å².